The van der Waals surface area contributed by atoms with Crippen molar-refractivity contribution in [3.05, 3.63) is 70.3 Å². The zero-order chi connectivity index (χ0) is 18.4. The Labute approximate surface area is 149 Å². The third-order valence-corrected chi connectivity index (χ3v) is 4.58. The number of allylic oxidation sites excluding steroid dienone is 1. The molecule has 0 spiro atoms. The van der Waals surface area contributed by atoms with Crippen LogP contribution >= 0.6 is 0 Å². The summed E-state index contributed by atoms with van der Waals surface area (Å²) in [6.45, 7) is 6.29. The summed E-state index contributed by atoms with van der Waals surface area (Å²) in [5, 5.41) is 0. The van der Waals surface area contributed by atoms with Crippen LogP contribution < -0.4 is 4.90 Å². The molecule has 0 bridgehead atoms. The lowest BCUT2D eigenvalue weighted by Crippen LogP contribution is -2.12. The van der Waals surface area contributed by atoms with Gasteiger partial charge in [0.15, 0.2) is 11.6 Å². The zero-order valence-corrected chi connectivity index (χ0v) is 15.4. The third kappa shape index (κ3) is 3.14. The van der Waals surface area contributed by atoms with E-state index in [1.54, 1.807) is 12.1 Å². The van der Waals surface area contributed by atoms with E-state index in [0.717, 1.165) is 16.8 Å². The Kier molecular flexibility index (Phi) is 4.11. The topological polar surface area (TPSA) is 37.4 Å². The number of ketones is 2. The monoisotopic (exact) mass is 333 g/mol. The lowest BCUT2D eigenvalue weighted by Gasteiger charge is -2.19. The number of hydrogen-bond acceptors (Lipinski definition) is 3. The van der Waals surface area contributed by atoms with Crippen LogP contribution in [0.3, 0.4) is 0 Å². The number of Topliss-reactive ketones (excluding diaryl/α,β-unsaturated/α-hetero) is 2. The highest BCUT2D eigenvalue weighted by Gasteiger charge is 2.34. The first kappa shape index (κ1) is 17.2. The maximum absolute atomic E-state index is 12.8. The zero-order valence-electron chi connectivity index (χ0n) is 15.4. The summed E-state index contributed by atoms with van der Waals surface area (Å²) in [6.07, 6.45) is 1.70. The van der Waals surface area contributed by atoms with Gasteiger partial charge in [0.25, 0.3) is 0 Å². The van der Waals surface area contributed by atoms with E-state index in [0.29, 0.717) is 11.1 Å². The molecule has 0 saturated carbocycles. The Morgan fingerprint density at radius 1 is 0.840 bits per heavy atom. The minimum atomic E-state index is -0.183. The molecule has 0 heterocycles. The second kappa shape index (κ2) is 5.99. The normalized spacial score (nSPS) is 15.6. The second-order valence-electron chi connectivity index (χ2n) is 7.71. The Morgan fingerprint density at radius 2 is 1.44 bits per heavy atom. The van der Waals surface area contributed by atoms with E-state index in [1.165, 1.54) is 0 Å². The van der Waals surface area contributed by atoms with Crippen molar-refractivity contribution >= 4 is 23.3 Å². The fourth-order valence-electron chi connectivity index (χ4n) is 2.96. The number of benzene rings is 2. The lowest BCUT2D eigenvalue weighted by atomic mass is 9.85. The molecule has 25 heavy (non-hydrogen) atoms. The van der Waals surface area contributed by atoms with Gasteiger partial charge < -0.3 is 4.90 Å². The summed E-state index contributed by atoms with van der Waals surface area (Å²) < 4.78 is 0. The Hall–Kier alpha value is -2.68. The molecule has 0 amide bonds. The number of carbonyl (C=O) groups excluding carboxylic acids is 2. The Balaban J connectivity index is 1.99. The van der Waals surface area contributed by atoms with E-state index in [4.69, 9.17) is 0 Å². The van der Waals surface area contributed by atoms with E-state index in [1.807, 2.05) is 55.4 Å². The van der Waals surface area contributed by atoms with Gasteiger partial charge in [-0.3, -0.25) is 9.59 Å². The molecular weight excluding hydrogens is 310 g/mol. The molecule has 0 aliphatic heterocycles. The van der Waals surface area contributed by atoms with Gasteiger partial charge in [0, 0.05) is 30.9 Å². The van der Waals surface area contributed by atoms with Crippen LogP contribution in [-0.4, -0.2) is 25.7 Å². The molecule has 3 nitrogen and oxygen atoms in total. The largest absolute Gasteiger partial charge is 0.378 e. The molecule has 2 aromatic carbocycles. The fourth-order valence-corrected chi connectivity index (χ4v) is 2.96. The van der Waals surface area contributed by atoms with Crippen molar-refractivity contribution in [2.75, 3.05) is 19.0 Å². The van der Waals surface area contributed by atoms with Crippen molar-refractivity contribution in [2.45, 2.75) is 26.2 Å². The molecule has 0 unspecified atom stereocenters. The molecule has 3 rings (SSSR count). The van der Waals surface area contributed by atoms with Gasteiger partial charge in [-0.2, -0.15) is 0 Å². The van der Waals surface area contributed by atoms with Crippen LogP contribution in [0.15, 0.2) is 48.0 Å². The minimum absolute atomic E-state index is 0.0627. The average molecular weight is 333 g/mol. The summed E-state index contributed by atoms with van der Waals surface area (Å²) in [5.41, 5.74) is 4.20. The molecule has 1 aliphatic carbocycles. The molecule has 0 N–H and O–H groups in total. The Morgan fingerprint density at radius 3 is 2.00 bits per heavy atom. The number of nitrogens with zero attached hydrogens (tertiary/aromatic N) is 1. The summed E-state index contributed by atoms with van der Waals surface area (Å²) in [5.74, 6) is -0.361. The van der Waals surface area contributed by atoms with E-state index in [-0.39, 0.29) is 22.6 Å². The maximum atomic E-state index is 12.8. The molecule has 0 fully saturated rings. The highest BCUT2D eigenvalue weighted by molar-refractivity contribution is 6.41. The van der Waals surface area contributed by atoms with E-state index >= 15 is 0 Å². The molecule has 2 aromatic rings. The van der Waals surface area contributed by atoms with Gasteiger partial charge in [0.2, 0.25) is 0 Å². The Bertz CT molecular complexity index is 881. The van der Waals surface area contributed by atoms with Gasteiger partial charge in [-0.1, -0.05) is 39.0 Å². The van der Waals surface area contributed by atoms with Crippen molar-refractivity contribution in [1.29, 1.82) is 0 Å². The molecule has 0 atom stereocenters. The summed E-state index contributed by atoms with van der Waals surface area (Å²) in [4.78, 5) is 27.4. The summed E-state index contributed by atoms with van der Waals surface area (Å²) >= 11 is 0. The molecule has 3 heteroatoms. The van der Waals surface area contributed by atoms with Crippen molar-refractivity contribution < 1.29 is 9.59 Å². The van der Waals surface area contributed by atoms with Gasteiger partial charge in [0.05, 0.1) is 5.57 Å². The minimum Gasteiger partial charge on any atom is -0.378 e. The first-order chi connectivity index (χ1) is 11.7. The first-order valence-corrected chi connectivity index (χ1v) is 8.41. The third-order valence-electron chi connectivity index (χ3n) is 4.58. The van der Waals surface area contributed by atoms with Gasteiger partial charge in [-0.25, -0.2) is 0 Å². The quantitative estimate of drug-likeness (QED) is 0.599. The number of fused-ring (bicyclic) bond motifs is 1. The van der Waals surface area contributed by atoms with Crippen molar-refractivity contribution in [2.24, 2.45) is 0 Å². The molecule has 0 radical (unpaired) electrons. The lowest BCUT2D eigenvalue weighted by molar-refractivity contribution is 0.0990. The standard InChI is InChI=1S/C22H23NO2/c1-22(2,3)15-8-11-17-18(13-15)21(25)19(20(17)24)12-14-6-9-16(10-7-14)23(4)5/h6-13H,1-5H3/b19-12-. The highest BCUT2D eigenvalue weighted by atomic mass is 16.2. The van der Waals surface area contributed by atoms with Crippen LogP contribution in [0.25, 0.3) is 6.08 Å². The SMILES string of the molecule is CN(C)c1ccc(/C=C2/C(=O)c3ccc(C(C)(C)C)cc3C2=O)cc1. The predicted octanol–water partition coefficient (Wildman–Crippen LogP) is 4.51. The van der Waals surface area contributed by atoms with Crippen LogP contribution in [0.4, 0.5) is 5.69 Å². The van der Waals surface area contributed by atoms with Crippen LogP contribution in [-0.2, 0) is 5.41 Å². The van der Waals surface area contributed by atoms with E-state index in [9.17, 15) is 9.59 Å². The second-order valence-corrected chi connectivity index (χ2v) is 7.71. The van der Waals surface area contributed by atoms with Gasteiger partial charge in [0.1, 0.15) is 0 Å². The number of anilines is 1. The number of carbonyl (C=O) groups is 2. The van der Waals surface area contributed by atoms with Crippen LogP contribution in [0.1, 0.15) is 52.6 Å². The molecule has 128 valence electrons. The first-order valence-electron chi connectivity index (χ1n) is 8.41. The molecule has 1 aliphatic rings. The maximum Gasteiger partial charge on any atom is 0.197 e. The van der Waals surface area contributed by atoms with Crippen LogP contribution in [0.2, 0.25) is 0 Å². The number of rotatable bonds is 2. The van der Waals surface area contributed by atoms with Crippen LogP contribution in [0.5, 0.6) is 0 Å². The van der Waals surface area contributed by atoms with Crippen molar-refractivity contribution in [3.63, 3.8) is 0 Å². The summed E-state index contributed by atoms with van der Waals surface area (Å²) in [6, 6.07) is 13.4. The van der Waals surface area contributed by atoms with Crippen molar-refractivity contribution in [3.8, 4) is 0 Å². The van der Waals surface area contributed by atoms with Gasteiger partial charge in [-0.15, -0.1) is 0 Å². The average Bonchev–Trinajstić information content (AvgIpc) is 2.79. The smallest absolute Gasteiger partial charge is 0.197 e. The van der Waals surface area contributed by atoms with Gasteiger partial charge >= 0.3 is 0 Å². The van der Waals surface area contributed by atoms with E-state index in [2.05, 4.69) is 20.8 Å². The molecule has 0 aromatic heterocycles. The number of hydrogen-bond donors (Lipinski definition) is 0. The van der Waals surface area contributed by atoms with Crippen molar-refractivity contribution in [1.82, 2.24) is 0 Å². The molecule has 0 saturated heterocycles. The predicted molar refractivity (Wildman–Crippen MR) is 103 cm³/mol. The van der Waals surface area contributed by atoms with Crippen LogP contribution in [0, 0.1) is 0 Å². The van der Waals surface area contributed by atoms with E-state index < -0.39 is 0 Å². The summed E-state index contributed by atoms with van der Waals surface area (Å²) in [7, 11) is 3.95. The van der Waals surface area contributed by atoms with Gasteiger partial charge in [-0.05, 0) is 46.9 Å². The molecular formula is C22H23NO2. The fraction of sp³-hybridized carbons (Fsp3) is 0.273. The highest BCUT2D eigenvalue weighted by Crippen LogP contribution is 2.32.